The van der Waals surface area contributed by atoms with Crippen molar-refractivity contribution in [1.29, 1.82) is 0 Å². The van der Waals surface area contributed by atoms with Gasteiger partial charge in [-0.05, 0) is 109 Å². The molecular formula is C52H28O. The minimum Gasteiger partial charge on any atom is -0.456 e. The van der Waals surface area contributed by atoms with Crippen LogP contribution in [0.3, 0.4) is 0 Å². The summed E-state index contributed by atoms with van der Waals surface area (Å²) in [6, 6.07) is 63.1. The maximum Gasteiger partial charge on any atom is 0.136 e. The molecule has 0 fully saturated rings. The highest BCUT2D eigenvalue weighted by atomic mass is 16.3. The van der Waals surface area contributed by atoms with Gasteiger partial charge in [-0.15, -0.1) is 0 Å². The molecule has 0 aliphatic heterocycles. The Morgan fingerprint density at radius 2 is 0.434 bits per heavy atom. The van der Waals surface area contributed by atoms with Gasteiger partial charge in [0.15, 0.2) is 0 Å². The lowest BCUT2D eigenvalue weighted by atomic mass is 9.87. The number of hydrogen-bond donors (Lipinski definition) is 0. The summed E-state index contributed by atoms with van der Waals surface area (Å²) in [4.78, 5) is 0. The molecule has 0 spiro atoms. The first-order chi connectivity index (χ1) is 26.3. The molecule has 0 N–H and O–H groups in total. The minimum atomic E-state index is 0.919. The van der Waals surface area contributed by atoms with Crippen LogP contribution in [0.4, 0.5) is 0 Å². The van der Waals surface area contributed by atoms with Gasteiger partial charge in [-0.3, -0.25) is 0 Å². The van der Waals surface area contributed by atoms with E-state index in [1.807, 2.05) is 0 Å². The molecule has 1 aromatic heterocycles. The topological polar surface area (TPSA) is 13.1 Å². The molecule has 1 nitrogen and oxygen atoms in total. The van der Waals surface area contributed by atoms with Gasteiger partial charge >= 0.3 is 0 Å². The monoisotopic (exact) mass is 668 g/mol. The lowest BCUT2D eigenvalue weighted by Gasteiger charge is -2.15. The average molecular weight is 669 g/mol. The van der Waals surface area contributed by atoms with Gasteiger partial charge in [0.2, 0.25) is 0 Å². The van der Waals surface area contributed by atoms with E-state index >= 15 is 0 Å². The van der Waals surface area contributed by atoms with Crippen LogP contribution < -0.4 is 0 Å². The maximum absolute atomic E-state index is 6.91. The molecule has 242 valence electrons. The van der Waals surface area contributed by atoms with Crippen LogP contribution in [0, 0.1) is 0 Å². The summed E-state index contributed by atoms with van der Waals surface area (Å²) >= 11 is 0. The van der Waals surface area contributed by atoms with Crippen LogP contribution in [0.2, 0.25) is 0 Å². The van der Waals surface area contributed by atoms with E-state index in [1.54, 1.807) is 0 Å². The summed E-state index contributed by atoms with van der Waals surface area (Å²) < 4.78 is 6.91. The fraction of sp³-hybridized carbons (Fsp3) is 0. The Hall–Kier alpha value is -6.96. The van der Waals surface area contributed by atoms with Gasteiger partial charge in [-0.2, -0.15) is 0 Å². The third kappa shape index (κ3) is 3.56. The van der Waals surface area contributed by atoms with E-state index in [0.717, 1.165) is 11.2 Å². The van der Waals surface area contributed by atoms with Crippen molar-refractivity contribution in [1.82, 2.24) is 0 Å². The van der Waals surface area contributed by atoms with Crippen molar-refractivity contribution in [2.75, 3.05) is 0 Å². The molecule has 0 atom stereocenters. The van der Waals surface area contributed by atoms with E-state index < -0.39 is 0 Å². The van der Waals surface area contributed by atoms with Crippen LogP contribution >= 0.6 is 0 Å². The number of furan rings is 1. The smallest absolute Gasteiger partial charge is 0.136 e. The number of rotatable bonds is 0. The van der Waals surface area contributed by atoms with Crippen LogP contribution in [0.5, 0.6) is 0 Å². The van der Waals surface area contributed by atoms with E-state index in [2.05, 4.69) is 170 Å². The predicted molar refractivity (Wildman–Crippen MR) is 229 cm³/mol. The number of hydrogen-bond acceptors (Lipinski definition) is 1. The van der Waals surface area contributed by atoms with Crippen molar-refractivity contribution in [3.8, 4) is 0 Å². The Morgan fingerprint density at radius 1 is 0.189 bits per heavy atom. The summed E-state index contributed by atoms with van der Waals surface area (Å²) in [7, 11) is 0. The maximum atomic E-state index is 6.91. The minimum absolute atomic E-state index is 0.919. The highest BCUT2D eigenvalue weighted by molar-refractivity contribution is 6.42. The van der Waals surface area contributed by atoms with Crippen molar-refractivity contribution in [3.05, 3.63) is 170 Å². The molecule has 1 heterocycles. The Balaban J connectivity index is 1.34. The van der Waals surface area contributed by atoms with Crippen LogP contribution in [-0.4, -0.2) is 0 Å². The van der Waals surface area contributed by atoms with E-state index in [0.29, 0.717) is 0 Å². The summed E-state index contributed by atoms with van der Waals surface area (Å²) in [5.41, 5.74) is 1.84. The van der Waals surface area contributed by atoms with Crippen molar-refractivity contribution >= 4 is 130 Å². The van der Waals surface area contributed by atoms with Crippen molar-refractivity contribution in [3.63, 3.8) is 0 Å². The van der Waals surface area contributed by atoms with E-state index in [9.17, 15) is 0 Å². The zero-order chi connectivity index (χ0) is 34.4. The summed E-state index contributed by atoms with van der Waals surface area (Å²) in [5, 5.41) is 27.7. The Bertz CT molecular complexity index is 3510. The molecular weight excluding hydrogens is 641 g/mol. The van der Waals surface area contributed by atoms with E-state index in [1.165, 1.54) is 118 Å². The van der Waals surface area contributed by atoms with Crippen molar-refractivity contribution in [2.24, 2.45) is 0 Å². The third-order valence-electron chi connectivity index (χ3n) is 12.1. The highest BCUT2D eigenvalue weighted by Crippen LogP contribution is 2.48. The lowest BCUT2D eigenvalue weighted by Crippen LogP contribution is -1.87. The fourth-order valence-electron chi connectivity index (χ4n) is 9.83. The average Bonchev–Trinajstić information content (AvgIpc) is 3.61. The summed E-state index contributed by atoms with van der Waals surface area (Å²) in [6.07, 6.45) is 0. The molecule has 0 aliphatic rings. The zero-order valence-electron chi connectivity index (χ0n) is 28.6. The Kier molecular flexibility index (Phi) is 5.17. The van der Waals surface area contributed by atoms with Gasteiger partial charge in [0.25, 0.3) is 0 Å². The van der Waals surface area contributed by atoms with Crippen LogP contribution in [-0.2, 0) is 0 Å². The quantitative estimate of drug-likeness (QED) is 0.147. The van der Waals surface area contributed by atoms with Gasteiger partial charge in [-0.1, -0.05) is 158 Å². The van der Waals surface area contributed by atoms with Gasteiger partial charge < -0.3 is 4.42 Å². The third-order valence-corrected chi connectivity index (χ3v) is 12.1. The van der Waals surface area contributed by atoms with E-state index in [-0.39, 0.29) is 0 Å². The largest absolute Gasteiger partial charge is 0.456 e. The zero-order valence-corrected chi connectivity index (χ0v) is 28.6. The summed E-state index contributed by atoms with van der Waals surface area (Å²) in [6.45, 7) is 0. The van der Waals surface area contributed by atoms with Gasteiger partial charge in [0, 0.05) is 21.5 Å². The van der Waals surface area contributed by atoms with Crippen molar-refractivity contribution < 1.29 is 4.42 Å². The second kappa shape index (κ2) is 9.88. The number of fused-ring (bicyclic) bond motifs is 23. The second-order valence-electron chi connectivity index (χ2n) is 14.7. The van der Waals surface area contributed by atoms with E-state index in [4.69, 9.17) is 4.42 Å². The molecule has 1 heteroatoms. The molecule has 12 aromatic carbocycles. The molecule has 0 bridgehead atoms. The Morgan fingerprint density at radius 3 is 0.792 bits per heavy atom. The molecule has 13 rings (SSSR count). The van der Waals surface area contributed by atoms with Gasteiger partial charge in [-0.25, -0.2) is 0 Å². The normalized spacial score (nSPS) is 12.5. The molecule has 53 heavy (non-hydrogen) atoms. The summed E-state index contributed by atoms with van der Waals surface area (Å²) in [5.74, 6) is 0. The first kappa shape index (κ1) is 27.7. The van der Waals surface area contributed by atoms with Gasteiger partial charge in [0.05, 0.1) is 0 Å². The van der Waals surface area contributed by atoms with Crippen LogP contribution in [0.1, 0.15) is 0 Å². The SMILES string of the molecule is c1ccc2c(c1)ccc1ccc3ccc4ccc5ccc6oc7ccc8ccc9ccc%10ccc%11ccc%12ccccc%12c%11c%10c9c8c7c6c5c4c3c12. The highest BCUT2D eigenvalue weighted by Gasteiger charge is 2.21. The molecule has 0 radical (unpaired) electrons. The molecule has 0 aliphatic carbocycles. The predicted octanol–water partition coefficient (Wildman–Crippen LogP) is 15.1. The first-order valence-corrected chi connectivity index (χ1v) is 18.4. The lowest BCUT2D eigenvalue weighted by molar-refractivity contribution is 0.669. The molecule has 0 saturated carbocycles. The van der Waals surface area contributed by atoms with Crippen LogP contribution in [0.15, 0.2) is 174 Å². The standard InChI is InChI=1S/C52H28O/c1-3-7-39-29(5-1)9-11-31-13-15-33-17-19-35-21-23-37-25-27-41-51(49(37)47(35)45(33)43(31)39)52-42(53-41)28-26-38-24-22-36-20-18-34-16-14-32-12-10-30-6-2-4-8-40(30)44(32)46(34)48(36)50(38)52/h1-28H. The van der Waals surface area contributed by atoms with Crippen molar-refractivity contribution in [2.45, 2.75) is 0 Å². The molecule has 0 amide bonds. The first-order valence-electron chi connectivity index (χ1n) is 18.4. The molecule has 13 aromatic rings. The Labute approximate surface area is 302 Å². The fourth-order valence-corrected chi connectivity index (χ4v) is 9.83. The van der Waals surface area contributed by atoms with Crippen LogP contribution in [0.25, 0.3) is 130 Å². The second-order valence-corrected chi connectivity index (χ2v) is 14.7. The molecule has 0 saturated heterocycles. The molecule has 0 unspecified atom stereocenters. The van der Waals surface area contributed by atoms with Gasteiger partial charge in [0.1, 0.15) is 11.2 Å². The number of benzene rings is 12.